The zero-order valence-electron chi connectivity index (χ0n) is 17.5. The molecule has 7 heteroatoms. The Morgan fingerprint density at radius 1 is 1.10 bits per heavy atom. The molecule has 2 aromatic rings. The predicted molar refractivity (Wildman–Crippen MR) is 116 cm³/mol. The molecule has 0 radical (unpaired) electrons. The molecule has 0 spiro atoms. The van der Waals surface area contributed by atoms with Crippen molar-refractivity contribution in [1.82, 2.24) is 4.72 Å². The van der Waals surface area contributed by atoms with E-state index in [0.29, 0.717) is 11.3 Å². The molecule has 0 aliphatic rings. The molecule has 1 amide bonds. The molecule has 0 atom stereocenters. The van der Waals surface area contributed by atoms with E-state index < -0.39 is 10.0 Å². The first-order valence-corrected chi connectivity index (χ1v) is 11.3. The van der Waals surface area contributed by atoms with Gasteiger partial charge in [0.05, 0.1) is 4.90 Å². The number of rotatable bonds is 10. The number of benzene rings is 2. The van der Waals surface area contributed by atoms with E-state index in [9.17, 15) is 13.2 Å². The van der Waals surface area contributed by atoms with Crippen LogP contribution in [0.15, 0.2) is 47.4 Å². The maximum absolute atomic E-state index is 12.2. The van der Waals surface area contributed by atoms with E-state index in [1.165, 1.54) is 17.7 Å². The van der Waals surface area contributed by atoms with E-state index in [-0.39, 0.29) is 23.5 Å². The van der Waals surface area contributed by atoms with Gasteiger partial charge in [-0.25, -0.2) is 13.1 Å². The van der Waals surface area contributed by atoms with Crippen LogP contribution >= 0.6 is 0 Å². The van der Waals surface area contributed by atoms with Gasteiger partial charge in [-0.3, -0.25) is 4.79 Å². The van der Waals surface area contributed by atoms with Crippen molar-refractivity contribution in [2.45, 2.75) is 57.9 Å². The summed E-state index contributed by atoms with van der Waals surface area (Å²) in [5.74, 6) is 0.197. The first kappa shape index (κ1) is 22.9. The van der Waals surface area contributed by atoms with Crippen LogP contribution in [0, 0.1) is 6.92 Å². The lowest BCUT2D eigenvalue weighted by Crippen LogP contribution is -2.30. The Bertz CT molecular complexity index is 922. The number of amides is 1. The van der Waals surface area contributed by atoms with Gasteiger partial charge in [0, 0.05) is 11.7 Å². The Labute approximate surface area is 173 Å². The number of hydrogen-bond acceptors (Lipinski definition) is 4. The van der Waals surface area contributed by atoms with Gasteiger partial charge in [0.2, 0.25) is 10.0 Å². The predicted octanol–water partition coefficient (Wildman–Crippen LogP) is 4.04. The number of carbonyl (C=O) groups is 1. The van der Waals surface area contributed by atoms with Crippen molar-refractivity contribution in [3.8, 4) is 5.75 Å². The summed E-state index contributed by atoms with van der Waals surface area (Å²) in [6.07, 6.45) is 3.33. The van der Waals surface area contributed by atoms with Gasteiger partial charge in [0.15, 0.2) is 6.61 Å². The van der Waals surface area contributed by atoms with E-state index in [0.717, 1.165) is 24.9 Å². The largest absolute Gasteiger partial charge is 0.483 e. The number of carbonyl (C=O) groups excluding carboxylic acids is 1. The molecule has 0 saturated carbocycles. The van der Waals surface area contributed by atoms with Crippen LogP contribution < -0.4 is 14.8 Å². The zero-order valence-corrected chi connectivity index (χ0v) is 18.3. The van der Waals surface area contributed by atoms with Crippen molar-refractivity contribution in [2.24, 2.45) is 0 Å². The molecule has 0 aliphatic heterocycles. The fraction of sp³-hybridized carbons (Fsp3) is 0.409. The summed E-state index contributed by atoms with van der Waals surface area (Å²) in [6.45, 7) is 7.27. The van der Waals surface area contributed by atoms with Crippen LogP contribution in [-0.4, -0.2) is 27.0 Å². The number of anilines is 1. The maximum atomic E-state index is 12.2. The van der Waals surface area contributed by atoms with Crippen LogP contribution in [0.1, 0.15) is 44.7 Å². The summed E-state index contributed by atoms with van der Waals surface area (Å²) in [4.78, 5) is 12.3. The topological polar surface area (TPSA) is 84.5 Å². The summed E-state index contributed by atoms with van der Waals surface area (Å²) in [5.41, 5.74) is 2.61. The fourth-order valence-electron chi connectivity index (χ4n) is 2.81. The molecule has 0 unspecified atom stereocenters. The summed E-state index contributed by atoms with van der Waals surface area (Å²) in [6, 6.07) is 12.2. The van der Waals surface area contributed by atoms with Crippen LogP contribution in [0.4, 0.5) is 5.69 Å². The molecule has 2 N–H and O–H groups in total. The van der Waals surface area contributed by atoms with Gasteiger partial charge in [-0.15, -0.1) is 0 Å². The standard InChI is InChI=1S/C22H30N2O4S/c1-5-6-7-18-8-10-19(11-9-18)23-22(25)15-28-21-13-12-20(14-17(21)4)29(26,27)24-16(2)3/h8-14,16,24H,5-7,15H2,1-4H3,(H,23,25). The summed E-state index contributed by atoms with van der Waals surface area (Å²) in [7, 11) is -3.57. The van der Waals surface area contributed by atoms with Gasteiger partial charge in [-0.05, 0) is 75.1 Å². The second-order valence-corrected chi connectivity index (χ2v) is 9.05. The first-order valence-electron chi connectivity index (χ1n) is 9.86. The van der Waals surface area contributed by atoms with E-state index in [2.05, 4.69) is 17.0 Å². The van der Waals surface area contributed by atoms with Crippen molar-refractivity contribution >= 4 is 21.6 Å². The van der Waals surface area contributed by atoms with Gasteiger partial charge < -0.3 is 10.1 Å². The molecule has 2 rings (SSSR count). The smallest absolute Gasteiger partial charge is 0.262 e. The fourth-order valence-corrected chi connectivity index (χ4v) is 4.14. The van der Waals surface area contributed by atoms with Crippen molar-refractivity contribution in [1.29, 1.82) is 0 Å². The first-order chi connectivity index (χ1) is 13.7. The molecule has 0 bridgehead atoms. The lowest BCUT2D eigenvalue weighted by Gasteiger charge is -2.13. The third-order valence-corrected chi connectivity index (χ3v) is 5.92. The molecular formula is C22H30N2O4S. The van der Waals surface area contributed by atoms with Crippen LogP contribution in [-0.2, 0) is 21.2 Å². The summed E-state index contributed by atoms with van der Waals surface area (Å²) < 4.78 is 32.6. The lowest BCUT2D eigenvalue weighted by molar-refractivity contribution is -0.118. The maximum Gasteiger partial charge on any atom is 0.262 e. The van der Waals surface area contributed by atoms with E-state index in [4.69, 9.17) is 4.74 Å². The van der Waals surface area contributed by atoms with E-state index in [1.807, 2.05) is 24.3 Å². The second kappa shape index (κ2) is 10.4. The van der Waals surface area contributed by atoms with Crippen LogP contribution in [0.25, 0.3) is 0 Å². The molecule has 0 saturated heterocycles. The molecule has 0 aromatic heterocycles. The van der Waals surface area contributed by atoms with Crippen molar-refractivity contribution in [2.75, 3.05) is 11.9 Å². The Morgan fingerprint density at radius 2 is 1.79 bits per heavy atom. The lowest BCUT2D eigenvalue weighted by atomic mass is 10.1. The molecule has 0 heterocycles. The SMILES string of the molecule is CCCCc1ccc(NC(=O)COc2ccc(S(=O)(=O)NC(C)C)cc2C)cc1. The van der Waals surface area contributed by atoms with E-state index >= 15 is 0 Å². The highest BCUT2D eigenvalue weighted by Crippen LogP contribution is 2.22. The minimum Gasteiger partial charge on any atom is -0.483 e. The Hall–Kier alpha value is -2.38. The monoisotopic (exact) mass is 418 g/mol. The van der Waals surface area contributed by atoms with Crippen molar-refractivity contribution in [3.63, 3.8) is 0 Å². The average molecular weight is 419 g/mol. The van der Waals surface area contributed by atoms with Gasteiger partial charge >= 0.3 is 0 Å². The third-order valence-electron chi connectivity index (χ3n) is 4.26. The quantitative estimate of drug-likeness (QED) is 0.610. The van der Waals surface area contributed by atoms with Gasteiger partial charge in [0.25, 0.3) is 5.91 Å². The van der Waals surface area contributed by atoms with Gasteiger partial charge in [-0.1, -0.05) is 25.5 Å². The molecule has 29 heavy (non-hydrogen) atoms. The third kappa shape index (κ3) is 7.18. The number of aryl methyl sites for hydroxylation is 2. The van der Waals surface area contributed by atoms with Crippen molar-refractivity contribution in [3.05, 3.63) is 53.6 Å². The number of sulfonamides is 1. The Morgan fingerprint density at radius 3 is 2.38 bits per heavy atom. The molecule has 158 valence electrons. The summed E-state index contributed by atoms with van der Waals surface area (Å²) >= 11 is 0. The number of hydrogen-bond donors (Lipinski definition) is 2. The normalized spacial score (nSPS) is 11.5. The number of nitrogens with one attached hydrogen (secondary N) is 2. The Kier molecular flexibility index (Phi) is 8.22. The van der Waals surface area contributed by atoms with Crippen molar-refractivity contribution < 1.29 is 17.9 Å². The Balaban J connectivity index is 1.93. The molecule has 2 aromatic carbocycles. The van der Waals surface area contributed by atoms with Gasteiger partial charge in [-0.2, -0.15) is 0 Å². The molecular weight excluding hydrogens is 388 g/mol. The molecule has 0 fully saturated rings. The zero-order chi connectivity index (χ0) is 21.4. The van der Waals surface area contributed by atoms with Crippen LogP contribution in [0.5, 0.6) is 5.75 Å². The number of unbranched alkanes of at least 4 members (excludes halogenated alkanes) is 1. The average Bonchev–Trinajstić information content (AvgIpc) is 2.65. The van der Waals surface area contributed by atoms with Crippen LogP contribution in [0.2, 0.25) is 0 Å². The molecule has 6 nitrogen and oxygen atoms in total. The van der Waals surface area contributed by atoms with Crippen LogP contribution in [0.3, 0.4) is 0 Å². The molecule has 0 aliphatic carbocycles. The summed E-state index contributed by atoms with van der Waals surface area (Å²) in [5, 5.41) is 2.80. The number of ether oxygens (including phenoxy) is 1. The van der Waals surface area contributed by atoms with Gasteiger partial charge in [0.1, 0.15) is 5.75 Å². The minimum absolute atomic E-state index is 0.158. The highest BCUT2D eigenvalue weighted by atomic mass is 32.2. The highest BCUT2D eigenvalue weighted by molar-refractivity contribution is 7.89. The highest BCUT2D eigenvalue weighted by Gasteiger charge is 2.17. The minimum atomic E-state index is -3.57. The second-order valence-electron chi connectivity index (χ2n) is 7.34. The van der Waals surface area contributed by atoms with E-state index in [1.54, 1.807) is 26.8 Å².